The standard InChI is InChI=1S/C26H28N6O3S/c1-16-14-20(18(3)28-21-7-5-4-6-19(21)25(34)35)23-29-22(17(2)24(33)32(23)15-16)30-9-11-31(12-10-30)26-27-8-13-36-26/h4-8,13-15,18,28H,9-12H2,1-3H3,(H,34,35)/t18-/m1/s1. The molecule has 36 heavy (non-hydrogen) atoms. The fourth-order valence-corrected chi connectivity index (χ4v) is 5.40. The van der Waals surface area contributed by atoms with Gasteiger partial charge >= 0.3 is 5.97 Å². The number of pyridine rings is 1. The van der Waals surface area contributed by atoms with E-state index in [4.69, 9.17) is 4.98 Å². The first-order valence-corrected chi connectivity index (χ1v) is 12.7. The van der Waals surface area contributed by atoms with Gasteiger partial charge in [-0.15, -0.1) is 11.3 Å². The van der Waals surface area contributed by atoms with Crippen LogP contribution in [-0.2, 0) is 0 Å². The first kappa shape index (κ1) is 23.8. The molecule has 0 saturated carbocycles. The molecule has 2 N–H and O–H groups in total. The van der Waals surface area contributed by atoms with Crippen LogP contribution in [0.15, 0.2) is 52.9 Å². The minimum atomic E-state index is -0.997. The Morgan fingerprint density at radius 3 is 2.56 bits per heavy atom. The number of rotatable bonds is 6. The number of thiazole rings is 1. The number of hydrogen-bond donors (Lipinski definition) is 2. The molecule has 9 nitrogen and oxygen atoms in total. The third kappa shape index (κ3) is 4.39. The highest BCUT2D eigenvalue weighted by atomic mass is 32.1. The van der Waals surface area contributed by atoms with Gasteiger partial charge in [0.1, 0.15) is 11.5 Å². The van der Waals surface area contributed by atoms with Crippen molar-refractivity contribution in [2.75, 3.05) is 41.3 Å². The number of fused-ring (bicyclic) bond motifs is 1. The maximum absolute atomic E-state index is 13.5. The van der Waals surface area contributed by atoms with E-state index in [0.29, 0.717) is 22.7 Å². The fraction of sp³-hybridized carbons (Fsp3) is 0.308. The van der Waals surface area contributed by atoms with Crippen LogP contribution < -0.4 is 20.7 Å². The van der Waals surface area contributed by atoms with Gasteiger partial charge in [0, 0.05) is 55.2 Å². The highest BCUT2D eigenvalue weighted by molar-refractivity contribution is 7.13. The van der Waals surface area contributed by atoms with Gasteiger partial charge in [-0.05, 0) is 44.5 Å². The van der Waals surface area contributed by atoms with Gasteiger partial charge in [-0.2, -0.15) is 0 Å². The lowest BCUT2D eigenvalue weighted by molar-refractivity contribution is 0.0698. The van der Waals surface area contributed by atoms with E-state index in [2.05, 4.69) is 20.1 Å². The molecule has 1 aliphatic heterocycles. The Hall–Kier alpha value is -3.92. The predicted octanol–water partition coefficient (Wildman–Crippen LogP) is 3.97. The van der Waals surface area contributed by atoms with E-state index < -0.39 is 5.97 Å². The van der Waals surface area contributed by atoms with Crippen molar-refractivity contribution in [2.24, 2.45) is 0 Å². The van der Waals surface area contributed by atoms with E-state index in [1.807, 2.05) is 44.6 Å². The summed E-state index contributed by atoms with van der Waals surface area (Å²) in [5.41, 5.74) is 3.55. The van der Waals surface area contributed by atoms with Gasteiger partial charge in [0.25, 0.3) is 5.56 Å². The number of carboxylic acid groups (broad SMARTS) is 1. The van der Waals surface area contributed by atoms with Gasteiger partial charge in [0.05, 0.1) is 17.2 Å². The third-order valence-electron chi connectivity index (χ3n) is 6.55. The van der Waals surface area contributed by atoms with Gasteiger partial charge in [0.15, 0.2) is 5.13 Å². The summed E-state index contributed by atoms with van der Waals surface area (Å²) in [5.74, 6) is -0.300. The van der Waals surface area contributed by atoms with Gasteiger partial charge < -0.3 is 20.2 Å². The largest absolute Gasteiger partial charge is 0.478 e. The lowest BCUT2D eigenvalue weighted by atomic mass is 10.1. The summed E-state index contributed by atoms with van der Waals surface area (Å²) in [7, 11) is 0. The van der Waals surface area contributed by atoms with Crippen LogP contribution in [0.25, 0.3) is 5.65 Å². The van der Waals surface area contributed by atoms with Crippen LogP contribution in [0, 0.1) is 13.8 Å². The van der Waals surface area contributed by atoms with Crippen LogP contribution in [0.4, 0.5) is 16.6 Å². The van der Waals surface area contributed by atoms with E-state index in [9.17, 15) is 14.7 Å². The summed E-state index contributed by atoms with van der Waals surface area (Å²) in [5, 5.41) is 15.9. The van der Waals surface area contributed by atoms with Crippen molar-refractivity contribution >= 4 is 39.6 Å². The van der Waals surface area contributed by atoms with Crippen LogP contribution in [-0.4, -0.2) is 51.6 Å². The molecule has 1 fully saturated rings. The van der Waals surface area contributed by atoms with Crippen molar-refractivity contribution in [1.29, 1.82) is 0 Å². The predicted molar refractivity (Wildman–Crippen MR) is 143 cm³/mol. The number of hydrogen-bond acceptors (Lipinski definition) is 8. The van der Waals surface area contributed by atoms with E-state index >= 15 is 0 Å². The SMILES string of the molecule is Cc1cc([C@@H](C)Nc2ccccc2C(=O)O)c2nc(N3CCN(c4nccs4)CC3)c(C)c(=O)n2c1. The van der Waals surface area contributed by atoms with Crippen molar-refractivity contribution in [3.05, 3.63) is 80.7 Å². The average molecular weight is 505 g/mol. The van der Waals surface area contributed by atoms with E-state index in [1.165, 1.54) is 0 Å². The number of carbonyl (C=O) groups is 1. The van der Waals surface area contributed by atoms with Crippen molar-refractivity contribution in [3.8, 4) is 0 Å². The Kier molecular flexibility index (Phi) is 6.36. The van der Waals surface area contributed by atoms with Crippen LogP contribution in [0.3, 0.4) is 0 Å². The Morgan fingerprint density at radius 1 is 1.14 bits per heavy atom. The maximum atomic E-state index is 13.5. The minimum Gasteiger partial charge on any atom is -0.478 e. The quantitative estimate of drug-likeness (QED) is 0.407. The number of benzene rings is 1. The molecule has 186 valence electrons. The molecule has 0 radical (unpaired) electrons. The number of aromatic nitrogens is 3. The Labute approximate surface area is 212 Å². The molecule has 1 atom stereocenters. The summed E-state index contributed by atoms with van der Waals surface area (Å²) in [6.45, 7) is 8.81. The molecule has 4 heterocycles. The Bertz CT molecular complexity index is 1480. The van der Waals surface area contributed by atoms with Gasteiger partial charge in [-0.1, -0.05) is 12.1 Å². The van der Waals surface area contributed by atoms with Crippen molar-refractivity contribution in [1.82, 2.24) is 14.4 Å². The topological polar surface area (TPSA) is 103 Å². The molecule has 1 aromatic carbocycles. The number of nitrogens with zero attached hydrogens (tertiary/aromatic N) is 5. The van der Waals surface area contributed by atoms with E-state index in [0.717, 1.165) is 42.4 Å². The third-order valence-corrected chi connectivity index (χ3v) is 7.39. The summed E-state index contributed by atoms with van der Waals surface area (Å²) in [6, 6.07) is 8.53. The van der Waals surface area contributed by atoms with Crippen molar-refractivity contribution in [3.63, 3.8) is 0 Å². The number of carboxylic acids is 1. The van der Waals surface area contributed by atoms with E-state index in [1.54, 1.807) is 40.0 Å². The molecule has 10 heteroatoms. The molecule has 0 spiro atoms. The number of aryl methyl sites for hydroxylation is 1. The second-order valence-electron chi connectivity index (χ2n) is 9.04. The molecule has 1 aliphatic rings. The molecule has 0 unspecified atom stereocenters. The number of nitrogens with one attached hydrogen (secondary N) is 1. The Morgan fingerprint density at radius 2 is 1.86 bits per heavy atom. The molecule has 3 aromatic heterocycles. The zero-order valence-electron chi connectivity index (χ0n) is 20.4. The molecule has 5 rings (SSSR count). The summed E-state index contributed by atoms with van der Waals surface area (Å²) in [6.07, 6.45) is 3.62. The highest BCUT2D eigenvalue weighted by Crippen LogP contribution is 2.28. The molecular formula is C26H28N6O3S. The van der Waals surface area contributed by atoms with Crippen LogP contribution in [0.5, 0.6) is 0 Å². The van der Waals surface area contributed by atoms with Crippen LogP contribution in [0.1, 0.15) is 40.0 Å². The normalized spacial score (nSPS) is 14.8. The Balaban J connectivity index is 1.51. The fourth-order valence-electron chi connectivity index (χ4n) is 4.70. The molecule has 0 bridgehead atoms. The van der Waals surface area contributed by atoms with Crippen molar-refractivity contribution < 1.29 is 9.90 Å². The lowest BCUT2D eigenvalue weighted by Crippen LogP contribution is -2.47. The highest BCUT2D eigenvalue weighted by Gasteiger charge is 2.24. The van der Waals surface area contributed by atoms with Crippen molar-refractivity contribution in [2.45, 2.75) is 26.8 Å². The number of piperazine rings is 1. The minimum absolute atomic E-state index is 0.0968. The maximum Gasteiger partial charge on any atom is 0.337 e. The molecule has 0 amide bonds. The second kappa shape index (κ2) is 9.62. The first-order valence-electron chi connectivity index (χ1n) is 11.8. The lowest BCUT2D eigenvalue weighted by Gasteiger charge is -2.36. The van der Waals surface area contributed by atoms with Gasteiger partial charge in [-0.25, -0.2) is 14.8 Å². The smallest absolute Gasteiger partial charge is 0.337 e. The number of para-hydroxylation sites is 1. The van der Waals surface area contributed by atoms with Crippen LogP contribution >= 0.6 is 11.3 Å². The van der Waals surface area contributed by atoms with Gasteiger partial charge in [0.2, 0.25) is 0 Å². The zero-order chi connectivity index (χ0) is 25.4. The van der Waals surface area contributed by atoms with Crippen LogP contribution in [0.2, 0.25) is 0 Å². The molecule has 1 saturated heterocycles. The second-order valence-corrected chi connectivity index (χ2v) is 9.91. The van der Waals surface area contributed by atoms with E-state index in [-0.39, 0.29) is 17.2 Å². The monoisotopic (exact) mass is 504 g/mol. The zero-order valence-corrected chi connectivity index (χ0v) is 21.2. The summed E-state index contributed by atoms with van der Waals surface area (Å²) >= 11 is 1.63. The molecule has 4 aromatic rings. The summed E-state index contributed by atoms with van der Waals surface area (Å²) in [4.78, 5) is 39.0. The van der Waals surface area contributed by atoms with Gasteiger partial charge in [-0.3, -0.25) is 9.20 Å². The molecular weight excluding hydrogens is 476 g/mol. The first-order chi connectivity index (χ1) is 17.3. The number of aromatic carboxylic acids is 1. The number of anilines is 3. The molecule has 0 aliphatic carbocycles. The average Bonchev–Trinajstić information content (AvgIpc) is 3.41. The summed E-state index contributed by atoms with van der Waals surface area (Å²) < 4.78 is 1.61.